The molecule has 0 aliphatic carbocycles. The van der Waals surface area contributed by atoms with Gasteiger partial charge in [0.2, 0.25) is 0 Å². The van der Waals surface area contributed by atoms with Gasteiger partial charge in [-0.3, -0.25) is 4.72 Å². The number of sulfonamides is 1. The van der Waals surface area contributed by atoms with Gasteiger partial charge in [-0.1, -0.05) is 17.3 Å². The van der Waals surface area contributed by atoms with Gasteiger partial charge < -0.3 is 10.3 Å². The van der Waals surface area contributed by atoms with E-state index in [0.717, 1.165) is 5.56 Å². The Morgan fingerprint density at radius 3 is 2.53 bits per heavy atom. The number of hydrogen-bond donors (Lipinski definition) is 2. The quantitative estimate of drug-likeness (QED) is 0.844. The lowest BCUT2D eigenvalue weighted by Crippen LogP contribution is -2.12. The summed E-state index contributed by atoms with van der Waals surface area (Å²) < 4.78 is 30.7. The lowest BCUT2D eigenvalue weighted by atomic mass is 10.2. The molecule has 0 amide bonds. The molecular formula is C10H11N3O3S. The second-order valence-corrected chi connectivity index (χ2v) is 5.05. The minimum Gasteiger partial charge on any atom is -0.362 e. The molecule has 17 heavy (non-hydrogen) atoms. The molecule has 0 aliphatic heterocycles. The molecule has 0 unspecified atom stereocenters. The van der Waals surface area contributed by atoms with Crippen molar-refractivity contribution in [1.82, 2.24) is 5.16 Å². The van der Waals surface area contributed by atoms with E-state index in [0.29, 0.717) is 6.54 Å². The Morgan fingerprint density at radius 1 is 1.29 bits per heavy atom. The van der Waals surface area contributed by atoms with E-state index in [-0.39, 0.29) is 10.6 Å². The molecule has 1 aromatic carbocycles. The summed E-state index contributed by atoms with van der Waals surface area (Å²) in [5.74, 6) is 0. The maximum Gasteiger partial charge on any atom is 0.262 e. The summed E-state index contributed by atoms with van der Waals surface area (Å²) >= 11 is 0. The van der Waals surface area contributed by atoms with E-state index in [4.69, 9.17) is 5.73 Å². The van der Waals surface area contributed by atoms with Crippen molar-refractivity contribution in [3.8, 4) is 0 Å². The predicted molar refractivity (Wildman–Crippen MR) is 61.6 cm³/mol. The van der Waals surface area contributed by atoms with Crippen molar-refractivity contribution in [2.75, 3.05) is 4.72 Å². The smallest absolute Gasteiger partial charge is 0.262 e. The molecule has 2 rings (SSSR count). The predicted octanol–water partition coefficient (Wildman–Crippen LogP) is 0.934. The van der Waals surface area contributed by atoms with Crippen LogP contribution in [-0.2, 0) is 16.6 Å². The highest BCUT2D eigenvalue weighted by molar-refractivity contribution is 7.92. The lowest BCUT2D eigenvalue weighted by molar-refractivity contribution is 0.420. The van der Waals surface area contributed by atoms with Gasteiger partial charge in [0.05, 0.1) is 11.1 Å². The number of anilines is 1. The second-order valence-electron chi connectivity index (χ2n) is 3.37. The van der Waals surface area contributed by atoms with Crippen LogP contribution in [0.2, 0.25) is 0 Å². The molecule has 0 saturated heterocycles. The van der Waals surface area contributed by atoms with Crippen molar-refractivity contribution in [2.24, 2.45) is 5.73 Å². The summed E-state index contributed by atoms with van der Waals surface area (Å²) in [4.78, 5) is 0.163. The first-order valence-corrected chi connectivity index (χ1v) is 6.31. The van der Waals surface area contributed by atoms with Crippen LogP contribution in [0.1, 0.15) is 5.56 Å². The van der Waals surface area contributed by atoms with Crippen LogP contribution in [0, 0.1) is 0 Å². The van der Waals surface area contributed by atoms with E-state index in [1.165, 1.54) is 24.6 Å². The Bertz CT molecular complexity index is 576. The van der Waals surface area contributed by atoms with E-state index in [1.807, 2.05) is 0 Å². The van der Waals surface area contributed by atoms with Gasteiger partial charge in [0.1, 0.15) is 12.0 Å². The van der Waals surface area contributed by atoms with E-state index in [9.17, 15) is 8.42 Å². The summed E-state index contributed by atoms with van der Waals surface area (Å²) in [6.07, 6.45) is 2.50. The molecule has 6 nitrogen and oxygen atoms in total. The number of nitrogens with one attached hydrogen (secondary N) is 1. The second kappa shape index (κ2) is 4.56. The minimum atomic E-state index is -3.60. The van der Waals surface area contributed by atoms with Gasteiger partial charge in [-0.25, -0.2) is 8.42 Å². The molecule has 0 aliphatic rings. The highest BCUT2D eigenvalue weighted by Gasteiger charge is 2.14. The average molecular weight is 253 g/mol. The van der Waals surface area contributed by atoms with Gasteiger partial charge in [-0.05, 0) is 17.7 Å². The van der Waals surface area contributed by atoms with Gasteiger partial charge in [-0.15, -0.1) is 0 Å². The summed E-state index contributed by atoms with van der Waals surface area (Å²) in [6.45, 7) is 0.374. The minimum absolute atomic E-state index is 0.163. The number of hydrogen-bond acceptors (Lipinski definition) is 5. The monoisotopic (exact) mass is 253 g/mol. The summed E-state index contributed by atoms with van der Waals surface area (Å²) in [7, 11) is -3.60. The van der Waals surface area contributed by atoms with Crippen molar-refractivity contribution in [3.63, 3.8) is 0 Å². The highest BCUT2D eigenvalue weighted by Crippen LogP contribution is 2.15. The largest absolute Gasteiger partial charge is 0.362 e. The van der Waals surface area contributed by atoms with Crippen molar-refractivity contribution in [1.29, 1.82) is 0 Å². The first kappa shape index (κ1) is 11.6. The maximum atomic E-state index is 11.9. The van der Waals surface area contributed by atoms with Crippen molar-refractivity contribution < 1.29 is 12.9 Å². The first-order chi connectivity index (χ1) is 8.12. The third-order valence-electron chi connectivity index (χ3n) is 2.15. The van der Waals surface area contributed by atoms with Crippen molar-refractivity contribution in [3.05, 3.63) is 42.3 Å². The highest BCUT2D eigenvalue weighted by atomic mass is 32.2. The molecule has 0 saturated carbocycles. The Kier molecular flexibility index (Phi) is 3.12. The zero-order valence-corrected chi connectivity index (χ0v) is 9.65. The van der Waals surface area contributed by atoms with Crippen LogP contribution < -0.4 is 10.5 Å². The van der Waals surface area contributed by atoms with Crippen molar-refractivity contribution >= 4 is 15.7 Å². The molecule has 3 N–H and O–H groups in total. The van der Waals surface area contributed by atoms with Gasteiger partial charge in [0, 0.05) is 6.54 Å². The molecule has 1 aromatic heterocycles. The SMILES string of the molecule is NCc1ccc(S(=O)(=O)Nc2cnoc2)cc1. The standard InChI is InChI=1S/C10H11N3O3S/c11-5-8-1-3-10(4-2-8)17(14,15)13-9-6-12-16-7-9/h1-4,6-7,13H,5,11H2. The van der Waals surface area contributed by atoms with Gasteiger partial charge in [0.15, 0.2) is 0 Å². The Labute approximate surface area is 98.5 Å². The first-order valence-electron chi connectivity index (χ1n) is 4.83. The van der Waals surface area contributed by atoms with E-state index < -0.39 is 10.0 Å². The summed E-state index contributed by atoms with van der Waals surface area (Å²) in [5.41, 5.74) is 6.59. The topological polar surface area (TPSA) is 98.2 Å². The zero-order chi connectivity index (χ0) is 12.3. The molecule has 7 heteroatoms. The van der Waals surface area contributed by atoms with Crippen LogP contribution in [0.15, 0.2) is 46.1 Å². The zero-order valence-electron chi connectivity index (χ0n) is 8.83. The lowest BCUT2D eigenvalue weighted by Gasteiger charge is -2.05. The number of nitrogens with zero attached hydrogens (tertiary/aromatic N) is 1. The molecule has 1 heterocycles. The number of benzene rings is 1. The van der Waals surface area contributed by atoms with Crippen LogP contribution >= 0.6 is 0 Å². The van der Waals surface area contributed by atoms with Crippen LogP contribution in [-0.4, -0.2) is 13.6 Å². The number of aromatic nitrogens is 1. The molecule has 0 atom stereocenters. The molecule has 0 bridgehead atoms. The van der Waals surface area contributed by atoms with E-state index >= 15 is 0 Å². The molecular weight excluding hydrogens is 242 g/mol. The fraction of sp³-hybridized carbons (Fsp3) is 0.100. The summed E-state index contributed by atoms with van der Waals surface area (Å²) in [6, 6.07) is 6.33. The maximum absolute atomic E-state index is 11.9. The van der Waals surface area contributed by atoms with Gasteiger partial charge >= 0.3 is 0 Å². The van der Waals surface area contributed by atoms with Crippen molar-refractivity contribution in [2.45, 2.75) is 11.4 Å². The van der Waals surface area contributed by atoms with Gasteiger partial charge in [-0.2, -0.15) is 0 Å². The van der Waals surface area contributed by atoms with Crippen LogP contribution in [0.4, 0.5) is 5.69 Å². The fourth-order valence-corrected chi connectivity index (χ4v) is 2.30. The Hall–Kier alpha value is -1.86. The molecule has 2 aromatic rings. The fourth-order valence-electron chi connectivity index (χ4n) is 1.27. The number of rotatable bonds is 4. The van der Waals surface area contributed by atoms with Crippen LogP contribution in [0.3, 0.4) is 0 Å². The van der Waals surface area contributed by atoms with Crippen LogP contribution in [0.5, 0.6) is 0 Å². The molecule has 0 spiro atoms. The Morgan fingerprint density at radius 2 is 2.00 bits per heavy atom. The van der Waals surface area contributed by atoms with E-state index in [1.54, 1.807) is 12.1 Å². The summed E-state index contributed by atoms with van der Waals surface area (Å²) in [5, 5.41) is 3.41. The third kappa shape index (κ3) is 2.63. The molecule has 0 radical (unpaired) electrons. The number of nitrogens with two attached hydrogens (primary N) is 1. The van der Waals surface area contributed by atoms with Gasteiger partial charge in [0.25, 0.3) is 10.0 Å². The molecule has 90 valence electrons. The van der Waals surface area contributed by atoms with Crippen LogP contribution in [0.25, 0.3) is 0 Å². The normalized spacial score (nSPS) is 11.4. The van der Waals surface area contributed by atoms with E-state index in [2.05, 4.69) is 14.4 Å². The third-order valence-corrected chi connectivity index (χ3v) is 3.55. The molecule has 0 fully saturated rings. The Balaban J connectivity index is 2.25. The average Bonchev–Trinajstić information content (AvgIpc) is 2.81.